The monoisotopic (exact) mass is 297 g/mol. The Bertz CT molecular complexity index is 929. The van der Waals surface area contributed by atoms with Crippen molar-refractivity contribution in [2.24, 2.45) is 0 Å². The molecule has 0 aliphatic rings. The van der Waals surface area contributed by atoms with Crippen LogP contribution >= 0.6 is 0 Å². The third-order valence-corrected chi connectivity index (χ3v) is 3.29. The molecule has 0 saturated carbocycles. The molecular formula is C16H11NO5. The Labute approximate surface area is 124 Å². The highest BCUT2D eigenvalue weighted by Gasteiger charge is 2.17. The third kappa shape index (κ3) is 2.31. The van der Waals surface area contributed by atoms with Crippen molar-refractivity contribution in [3.05, 3.63) is 68.9 Å². The van der Waals surface area contributed by atoms with Gasteiger partial charge < -0.3 is 9.15 Å². The van der Waals surface area contributed by atoms with Crippen molar-refractivity contribution in [3.63, 3.8) is 0 Å². The topological polar surface area (TPSA) is 82.6 Å². The first kappa shape index (κ1) is 13.8. The van der Waals surface area contributed by atoms with E-state index < -0.39 is 4.92 Å². The number of ether oxygens (including phenoxy) is 1. The van der Waals surface area contributed by atoms with Crippen molar-refractivity contribution in [3.8, 4) is 17.1 Å². The van der Waals surface area contributed by atoms with Gasteiger partial charge in [0, 0.05) is 17.7 Å². The molecule has 0 bridgehead atoms. The molecule has 3 rings (SSSR count). The minimum absolute atomic E-state index is 0.150. The van der Waals surface area contributed by atoms with Crippen LogP contribution < -0.4 is 10.2 Å². The summed E-state index contributed by atoms with van der Waals surface area (Å²) >= 11 is 0. The maximum atomic E-state index is 12.1. The summed E-state index contributed by atoms with van der Waals surface area (Å²) in [5.74, 6) is 0.423. The van der Waals surface area contributed by atoms with Gasteiger partial charge in [-0.05, 0) is 24.3 Å². The molecule has 0 aliphatic carbocycles. The number of benzene rings is 2. The summed E-state index contributed by atoms with van der Waals surface area (Å²) in [7, 11) is 1.36. The summed E-state index contributed by atoms with van der Waals surface area (Å²) in [6.07, 6.45) is 0. The number of nitro benzene ring substituents is 1. The molecular weight excluding hydrogens is 286 g/mol. The van der Waals surface area contributed by atoms with Crippen LogP contribution in [0.15, 0.2) is 57.7 Å². The molecule has 110 valence electrons. The number of para-hydroxylation sites is 1. The van der Waals surface area contributed by atoms with Crippen LogP contribution in [-0.2, 0) is 0 Å². The number of hydrogen-bond donors (Lipinski definition) is 0. The molecule has 0 saturated heterocycles. The van der Waals surface area contributed by atoms with Gasteiger partial charge in [-0.15, -0.1) is 0 Å². The lowest BCUT2D eigenvalue weighted by atomic mass is 10.1. The number of nitrogens with zero attached hydrogens (tertiary/aromatic N) is 1. The molecule has 1 heterocycles. The molecule has 0 spiro atoms. The van der Waals surface area contributed by atoms with Gasteiger partial charge in [-0.25, -0.2) is 0 Å². The second-order valence-corrected chi connectivity index (χ2v) is 4.61. The van der Waals surface area contributed by atoms with Gasteiger partial charge in [0.1, 0.15) is 11.3 Å². The van der Waals surface area contributed by atoms with Gasteiger partial charge in [0.15, 0.2) is 11.2 Å². The lowest BCUT2D eigenvalue weighted by Crippen LogP contribution is -2.00. The van der Waals surface area contributed by atoms with E-state index in [4.69, 9.17) is 9.15 Å². The van der Waals surface area contributed by atoms with Gasteiger partial charge in [-0.2, -0.15) is 0 Å². The number of hydrogen-bond acceptors (Lipinski definition) is 5. The predicted octanol–water partition coefficient (Wildman–Crippen LogP) is 3.38. The van der Waals surface area contributed by atoms with Crippen molar-refractivity contribution in [2.45, 2.75) is 0 Å². The zero-order valence-corrected chi connectivity index (χ0v) is 11.6. The van der Waals surface area contributed by atoms with Crippen molar-refractivity contribution in [1.82, 2.24) is 0 Å². The van der Waals surface area contributed by atoms with Gasteiger partial charge in [-0.1, -0.05) is 12.1 Å². The molecule has 6 heteroatoms. The Kier molecular flexibility index (Phi) is 3.34. The fraction of sp³-hybridized carbons (Fsp3) is 0.0625. The summed E-state index contributed by atoms with van der Waals surface area (Å²) in [6, 6.07) is 12.6. The standard InChI is InChI=1S/C16H11NO5/c1-21-15-7-6-10(8-12(15)17(19)20)16-9-13(18)11-4-2-3-5-14(11)22-16/h2-9H,1H3. The molecule has 0 atom stereocenters. The lowest BCUT2D eigenvalue weighted by Gasteiger charge is -2.05. The lowest BCUT2D eigenvalue weighted by molar-refractivity contribution is -0.385. The van der Waals surface area contributed by atoms with Crippen molar-refractivity contribution >= 4 is 16.7 Å². The number of methoxy groups -OCH3 is 1. The van der Waals surface area contributed by atoms with E-state index in [1.807, 2.05) is 0 Å². The smallest absolute Gasteiger partial charge is 0.311 e. The van der Waals surface area contributed by atoms with Gasteiger partial charge >= 0.3 is 5.69 Å². The van der Waals surface area contributed by atoms with E-state index in [-0.39, 0.29) is 22.6 Å². The van der Waals surface area contributed by atoms with Crippen LogP contribution in [0.2, 0.25) is 0 Å². The molecule has 6 nitrogen and oxygen atoms in total. The number of nitro groups is 1. The molecule has 1 aromatic heterocycles. The van der Waals surface area contributed by atoms with Crippen LogP contribution in [-0.4, -0.2) is 12.0 Å². The molecule has 22 heavy (non-hydrogen) atoms. The van der Waals surface area contributed by atoms with Crippen LogP contribution in [0.1, 0.15) is 0 Å². The third-order valence-electron chi connectivity index (χ3n) is 3.29. The summed E-state index contributed by atoms with van der Waals surface area (Å²) in [6.45, 7) is 0. The Morgan fingerprint density at radius 1 is 1.14 bits per heavy atom. The quantitative estimate of drug-likeness (QED) is 0.546. The maximum absolute atomic E-state index is 12.1. The van der Waals surface area contributed by atoms with E-state index in [1.54, 1.807) is 30.3 Å². The summed E-state index contributed by atoms with van der Waals surface area (Å²) in [5.41, 5.74) is 0.491. The molecule has 0 fully saturated rings. The fourth-order valence-electron chi connectivity index (χ4n) is 2.23. The van der Waals surface area contributed by atoms with E-state index >= 15 is 0 Å². The normalized spacial score (nSPS) is 10.6. The average molecular weight is 297 g/mol. The maximum Gasteiger partial charge on any atom is 0.311 e. The first-order valence-electron chi connectivity index (χ1n) is 6.46. The van der Waals surface area contributed by atoms with E-state index in [0.717, 1.165) is 0 Å². The van der Waals surface area contributed by atoms with Crippen LogP contribution in [0, 0.1) is 10.1 Å². The van der Waals surface area contributed by atoms with Crippen LogP contribution in [0.25, 0.3) is 22.3 Å². The Hall–Kier alpha value is -3.15. The van der Waals surface area contributed by atoms with Crippen molar-refractivity contribution in [2.75, 3.05) is 7.11 Å². The van der Waals surface area contributed by atoms with Crippen LogP contribution in [0.5, 0.6) is 5.75 Å². The van der Waals surface area contributed by atoms with E-state index in [2.05, 4.69) is 0 Å². The highest BCUT2D eigenvalue weighted by Crippen LogP contribution is 2.32. The van der Waals surface area contributed by atoms with E-state index in [0.29, 0.717) is 16.5 Å². The SMILES string of the molecule is COc1ccc(-c2cc(=O)c3ccccc3o2)cc1[N+](=O)[O-]. The number of fused-ring (bicyclic) bond motifs is 1. The second-order valence-electron chi connectivity index (χ2n) is 4.61. The molecule has 3 aromatic rings. The molecule has 2 aromatic carbocycles. The van der Waals surface area contributed by atoms with E-state index in [9.17, 15) is 14.9 Å². The van der Waals surface area contributed by atoms with Gasteiger partial charge in [0.25, 0.3) is 0 Å². The molecule has 0 unspecified atom stereocenters. The van der Waals surface area contributed by atoms with Crippen molar-refractivity contribution in [1.29, 1.82) is 0 Å². The highest BCUT2D eigenvalue weighted by atomic mass is 16.6. The molecule has 0 aliphatic heterocycles. The first-order valence-corrected chi connectivity index (χ1v) is 6.46. The Balaban J connectivity index is 2.21. The zero-order valence-electron chi connectivity index (χ0n) is 11.6. The largest absolute Gasteiger partial charge is 0.490 e. The van der Waals surface area contributed by atoms with Gasteiger partial charge in [-0.3, -0.25) is 14.9 Å². The average Bonchev–Trinajstić information content (AvgIpc) is 2.54. The molecule has 0 amide bonds. The minimum Gasteiger partial charge on any atom is -0.490 e. The molecule has 0 radical (unpaired) electrons. The van der Waals surface area contributed by atoms with Gasteiger partial charge in [0.2, 0.25) is 0 Å². The second kappa shape index (κ2) is 5.33. The highest BCUT2D eigenvalue weighted by molar-refractivity contribution is 5.79. The van der Waals surface area contributed by atoms with Gasteiger partial charge in [0.05, 0.1) is 17.4 Å². The fourth-order valence-corrected chi connectivity index (χ4v) is 2.23. The Morgan fingerprint density at radius 2 is 1.91 bits per heavy atom. The summed E-state index contributed by atoms with van der Waals surface area (Å²) in [5, 5.41) is 11.5. The minimum atomic E-state index is -0.540. The first-order chi connectivity index (χ1) is 10.6. The van der Waals surface area contributed by atoms with Crippen molar-refractivity contribution < 1.29 is 14.1 Å². The zero-order chi connectivity index (χ0) is 15.7. The van der Waals surface area contributed by atoms with E-state index in [1.165, 1.54) is 25.3 Å². The summed E-state index contributed by atoms with van der Waals surface area (Å²) in [4.78, 5) is 22.6. The van der Waals surface area contributed by atoms with Crippen LogP contribution in [0.3, 0.4) is 0 Å². The Morgan fingerprint density at radius 3 is 2.64 bits per heavy atom. The summed E-state index contributed by atoms with van der Waals surface area (Å²) < 4.78 is 10.6. The van der Waals surface area contributed by atoms with Crippen LogP contribution in [0.4, 0.5) is 5.69 Å². The predicted molar refractivity (Wildman–Crippen MR) is 81.1 cm³/mol. The molecule has 0 N–H and O–H groups in total. The number of rotatable bonds is 3.